The largest absolute Gasteiger partial charge is 0.390 e. The van der Waals surface area contributed by atoms with Gasteiger partial charge in [-0.1, -0.05) is 6.07 Å². The Morgan fingerprint density at radius 1 is 1.20 bits per heavy atom. The number of imidazole rings is 2. The Labute approximate surface area is 115 Å². The van der Waals surface area contributed by atoms with Gasteiger partial charge in [-0.3, -0.25) is 4.40 Å². The van der Waals surface area contributed by atoms with E-state index >= 15 is 0 Å². The highest BCUT2D eigenvalue weighted by atomic mass is 16.3. The highest BCUT2D eigenvalue weighted by molar-refractivity contribution is 5.56. The maximum Gasteiger partial charge on any atom is 0.154 e. The van der Waals surface area contributed by atoms with Gasteiger partial charge in [0, 0.05) is 31.7 Å². The molecular formula is C14H15N5O. The van der Waals surface area contributed by atoms with Gasteiger partial charge in [0.05, 0.1) is 18.8 Å². The molecule has 0 aliphatic carbocycles. The van der Waals surface area contributed by atoms with Crippen LogP contribution in [-0.4, -0.2) is 30.6 Å². The second kappa shape index (κ2) is 4.35. The summed E-state index contributed by atoms with van der Waals surface area (Å²) < 4.78 is 4.10. The minimum absolute atomic E-state index is 0.0224. The van der Waals surface area contributed by atoms with E-state index in [9.17, 15) is 5.11 Å². The molecule has 1 aliphatic heterocycles. The van der Waals surface area contributed by atoms with Crippen molar-refractivity contribution in [1.82, 2.24) is 18.9 Å². The average molecular weight is 269 g/mol. The van der Waals surface area contributed by atoms with Gasteiger partial charge in [0.2, 0.25) is 0 Å². The van der Waals surface area contributed by atoms with Gasteiger partial charge in [-0.2, -0.15) is 0 Å². The van der Waals surface area contributed by atoms with Gasteiger partial charge in [-0.15, -0.1) is 0 Å². The van der Waals surface area contributed by atoms with E-state index in [2.05, 4.69) is 19.4 Å². The highest BCUT2D eigenvalue weighted by Crippen LogP contribution is 2.25. The Bertz CT molecular complexity index is 760. The predicted molar refractivity (Wildman–Crippen MR) is 74.4 cm³/mol. The first-order chi connectivity index (χ1) is 9.86. The smallest absolute Gasteiger partial charge is 0.154 e. The Morgan fingerprint density at radius 2 is 2.15 bits per heavy atom. The first kappa shape index (κ1) is 11.5. The van der Waals surface area contributed by atoms with E-state index in [0.717, 1.165) is 42.6 Å². The third-order valence-corrected chi connectivity index (χ3v) is 3.80. The highest BCUT2D eigenvalue weighted by Gasteiger charge is 2.22. The molecular weight excluding hydrogens is 254 g/mol. The molecule has 0 radical (unpaired) electrons. The fourth-order valence-corrected chi connectivity index (χ4v) is 2.79. The molecule has 0 saturated heterocycles. The average Bonchev–Trinajstić information content (AvgIpc) is 3.10. The normalized spacial score (nSPS) is 14.8. The molecule has 0 atom stereocenters. The zero-order chi connectivity index (χ0) is 13.5. The lowest BCUT2D eigenvalue weighted by atomic mass is 10.3. The van der Waals surface area contributed by atoms with Gasteiger partial charge in [-0.05, 0) is 12.1 Å². The van der Waals surface area contributed by atoms with Crippen LogP contribution in [0.15, 0.2) is 36.8 Å². The molecule has 0 aromatic carbocycles. The van der Waals surface area contributed by atoms with Crippen LogP contribution in [0.5, 0.6) is 0 Å². The monoisotopic (exact) mass is 269 g/mol. The summed E-state index contributed by atoms with van der Waals surface area (Å²) in [6.45, 7) is 2.48. The van der Waals surface area contributed by atoms with Crippen LogP contribution in [0.1, 0.15) is 11.5 Å². The number of hydrogen-bond acceptors (Lipinski definition) is 4. The molecule has 6 nitrogen and oxygen atoms in total. The lowest BCUT2D eigenvalue weighted by Crippen LogP contribution is -2.34. The van der Waals surface area contributed by atoms with Crippen LogP contribution in [0, 0.1) is 0 Å². The van der Waals surface area contributed by atoms with E-state index in [1.807, 2.05) is 41.2 Å². The number of rotatable bonds is 2. The summed E-state index contributed by atoms with van der Waals surface area (Å²) in [5.41, 5.74) is 1.70. The number of aliphatic hydroxyl groups is 1. The number of hydrogen-bond donors (Lipinski definition) is 1. The lowest BCUT2D eigenvalue weighted by Gasteiger charge is -2.28. The van der Waals surface area contributed by atoms with Crippen LogP contribution >= 0.6 is 0 Å². The Balaban J connectivity index is 1.79. The van der Waals surface area contributed by atoms with E-state index in [0.29, 0.717) is 0 Å². The number of aliphatic hydroxyl groups excluding tert-OH is 1. The van der Waals surface area contributed by atoms with Crippen molar-refractivity contribution in [3.63, 3.8) is 0 Å². The molecule has 1 N–H and O–H groups in total. The number of fused-ring (bicyclic) bond motifs is 2. The Hall–Kier alpha value is -2.34. The van der Waals surface area contributed by atoms with E-state index in [1.165, 1.54) is 0 Å². The first-order valence-corrected chi connectivity index (χ1v) is 6.68. The number of aromatic nitrogens is 4. The van der Waals surface area contributed by atoms with Gasteiger partial charge in [-0.25, -0.2) is 9.97 Å². The first-order valence-electron chi connectivity index (χ1n) is 6.68. The molecule has 0 amide bonds. The van der Waals surface area contributed by atoms with Crippen molar-refractivity contribution in [2.24, 2.45) is 0 Å². The molecule has 0 unspecified atom stereocenters. The Kier molecular flexibility index (Phi) is 2.50. The summed E-state index contributed by atoms with van der Waals surface area (Å²) in [5, 5.41) is 9.68. The quantitative estimate of drug-likeness (QED) is 0.755. The third kappa shape index (κ3) is 1.61. The molecule has 4 rings (SSSR count). The van der Waals surface area contributed by atoms with Crippen LogP contribution in [0.2, 0.25) is 0 Å². The minimum Gasteiger partial charge on any atom is -0.390 e. The zero-order valence-electron chi connectivity index (χ0n) is 11.0. The standard InChI is InChI=1S/C14H15N5O/c20-10-11-14(16-12-3-1-2-5-19(11)12)18-8-7-17-6-4-15-13(17)9-18/h1-6,20H,7-10H2. The fourth-order valence-electron chi connectivity index (χ4n) is 2.79. The minimum atomic E-state index is -0.0224. The molecule has 3 aromatic heterocycles. The molecule has 0 bridgehead atoms. The van der Waals surface area contributed by atoms with Crippen LogP contribution in [0.3, 0.4) is 0 Å². The van der Waals surface area contributed by atoms with Crippen molar-refractivity contribution in [2.45, 2.75) is 19.7 Å². The van der Waals surface area contributed by atoms with Crippen molar-refractivity contribution in [1.29, 1.82) is 0 Å². The summed E-state index contributed by atoms with van der Waals surface area (Å²) in [7, 11) is 0. The van der Waals surface area contributed by atoms with Gasteiger partial charge < -0.3 is 14.6 Å². The Morgan fingerprint density at radius 3 is 3.05 bits per heavy atom. The topological polar surface area (TPSA) is 58.6 Å². The molecule has 20 heavy (non-hydrogen) atoms. The molecule has 0 fully saturated rings. The van der Waals surface area contributed by atoms with Crippen molar-refractivity contribution < 1.29 is 5.11 Å². The van der Waals surface area contributed by atoms with E-state index in [-0.39, 0.29) is 6.61 Å². The summed E-state index contributed by atoms with van der Waals surface area (Å²) >= 11 is 0. The zero-order valence-corrected chi connectivity index (χ0v) is 11.0. The molecule has 1 aliphatic rings. The van der Waals surface area contributed by atoms with Crippen LogP contribution < -0.4 is 4.90 Å². The molecule has 0 saturated carbocycles. The van der Waals surface area contributed by atoms with Gasteiger partial charge in [0.25, 0.3) is 0 Å². The van der Waals surface area contributed by atoms with Gasteiger partial charge in [0.15, 0.2) is 5.82 Å². The summed E-state index contributed by atoms with van der Waals surface area (Å²) in [6.07, 6.45) is 5.76. The van der Waals surface area contributed by atoms with Gasteiger partial charge >= 0.3 is 0 Å². The van der Waals surface area contributed by atoms with Crippen molar-refractivity contribution in [3.8, 4) is 0 Å². The third-order valence-electron chi connectivity index (χ3n) is 3.80. The maximum atomic E-state index is 9.68. The molecule has 4 heterocycles. The van der Waals surface area contributed by atoms with E-state index in [1.54, 1.807) is 0 Å². The molecule has 102 valence electrons. The second-order valence-electron chi connectivity index (χ2n) is 4.93. The lowest BCUT2D eigenvalue weighted by molar-refractivity contribution is 0.276. The van der Waals surface area contributed by atoms with Crippen molar-refractivity contribution >= 4 is 11.5 Å². The van der Waals surface area contributed by atoms with Crippen LogP contribution in [0.4, 0.5) is 5.82 Å². The molecule has 3 aromatic rings. The van der Waals surface area contributed by atoms with Crippen molar-refractivity contribution in [2.75, 3.05) is 11.4 Å². The maximum absolute atomic E-state index is 9.68. The number of pyridine rings is 1. The molecule has 0 spiro atoms. The second-order valence-corrected chi connectivity index (χ2v) is 4.93. The predicted octanol–water partition coefficient (Wildman–Crippen LogP) is 1.04. The van der Waals surface area contributed by atoms with Crippen molar-refractivity contribution in [3.05, 3.63) is 48.3 Å². The van der Waals surface area contributed by atoms with E-state index < -0.39 is 0 Å². The molecule has 6 heteroatoms. The van der Waals surface area contributed by atoms with E-state index in [4.69, 9.17) is 0 Å². The summed E-state index contributed by atoms with van der Waals surface area (Å²) in [4.78, 5) is 11.2. The number of nitrogens with zero attached hydrogens (tertiary/aromatic N) is 5. The van der Waals surface area contributed by atoms with Crippen LogP contribution in [0.25, 0.3) is 5.65 Å². The van der Waals surface area contributed by atoms with Crippen LogP contribution in [-0.2, 0) is 19.7 Å². The number of anilines is 1. The van der Waals surface area contributed by atoms with Gasteiger partial charge in [0.1, 0.15) is 11.5 Å². The fraction of sp³-hybridized carbons (Fsp3) is 0.286. The SMILES string of the molecule is OCc1c(N2CCn3ccnc3C2)nc2ccccn12. The summed E-state index contributed by atoms with van der Waals surface area (Å²) in [6, 6.07) is 5.85. The summed E-state index contributed by atoms with van der Waals surface area (Å²) in [5.74, 6) is 1.89.